The summed E-state index contributed by atoms with van der Waals surface area (Å²) < 4.78 is 9.89. The third-order valence-corrected chi connectivity index (χ3v) is 4.07. The molecule has 1 aliphatic rings. The van der Waals surface area contributed by atoms with E-state index in [0.29, 0.717) is 18.3 Å². The number of carbonyl (C=O) groups excluding carboxylic acids is 2. The van der Waals surface area contributed by atoms with Crippen LogP contribution in [0.5, 0.6) is 0 Å². The zero-order chi connectivity index (χ0) is 14.5. The van der Waals surface area contributed by atoms with E-state index in [1.165, 1.54) is 11.3 Å². The third kappa shape index (κ3) is 3.27. The van der Waals surface area contributed by atoms with Gasteiger partial charge in [0.25, 0.3) is 0 Å². The van der Waals surface area contributed by atoms with Gasteiger partial charge in [-0.05, 0) is 26.7 Å². The summed E-state index contributed by atoms with van der Waals surface area (Å²) in [6, 6.07) is 0. The Bertz CT molecular complexity index is 501. The number of ether oxygens (including phenoxy) is 2. The van der Waals surface area contributed by atoms with E-state index in [2.05, 4.69) is 10.3 Å². The Labute approximate surface area is 121 Å². The van der Waals surface area contributed by atoms with E-state index in [1.54, 1.807) is 13.8 Å². The van der Waals surface area contributed by atoms with Crippen molar-refractivity contribution in [3.8, 4) is 0 Å². The number of hydrogen-bond donors (Lipinski definition) is 1. The molecule has 1 heterocycles. The summed E-state index contributed by atoms with van der Waals surface area (Å²) >= 11 is 1.48. The Morgan fingerprint density at radius 3 is 2.80 bits per heavy atom. The molecule has 7 heteroatoms. The second-order valence-electron chi connectivity index (χ2n) is 4.33. The van der Waals surface area contributed by atoms with Crippen LogP contribution in [0, 0.1) is 0 Å². The van der Waals surface area contributed by atoms with Crippen molar-refractivity contribution in [3.05, 3.63) is 10.6 Å². The topological polar surface area (TPSA) is 77.5 Å². The van der Waals surface area contributed by atoms with E-state index < -0.39 is 0 Å². The van der Waals surface area contributed by atoms with Gasteiger partial charge in [-0.25, -0.2) is 4.98 Å². The van der Waals surface area contributed by atoms with Gasteiger partial charge >= 0.3 is 11.9 Å². The molecule has 0 bridgehead atoms. The number of rotatable bonds is 6. The van der Waals surface area contributed by atoms with Gasteiger partial charge in [0.05, 0.1) is 18.9 Å². The predicted molar refractivity (Wildman–Crippen MR) is 74.9 cm³/mol. The Kier molecular flexibility index (Phi) is 4.94. The number of thiazole rings is 1. The van der Waals surface area contributed by atoms with Crippen LogP contribution in [0.3, 0.4) is 0 Å². The van der Waals surface area contributed by atoms with Gasteiger partial charge in [0, 0.05) is 4.88 Å². The lowest BCUT2D eigenvalue weighted by atomic mass is 10.1. The molecular weight excluding hydrogens is 280 g/mol. The van der Waals surface area contributed by atoms with Crippen LogP contribution in [0.15, 0.2) is 0 Å². The highest BCUT2D eigenvalue weighted by atomic mass is 32.1. The highest BCUT2D eigenvalue weighted by Crippen LogP contribution is 2.38. The predicted octanol–water partition coefficient (Wildman–Crippen LogP) is 1.71. The molecule has 20 heavy (non-hydrogen) atoms. The molecule has 1 aliphatic carbocycles. The normalized spacial score (nSPS) is 16.6. The van der Waals surface area contributed by atoms with E-state index in [4.69, 9.17) is 9.47 Å². The van der Waals surface area contributed by atoms with E-state index in [-0.39, 0.29) is 24.4 Å². The molecule has 2 rings (SSSR count). The zero-order valence-electron chi connectivity index (χ0n) is 11.6. The molecule has 1 aromatic heterocycles. The molecule has 110 valence electrons. The first-order valence-corrected chi connectivity index (χ1v) is 7.53. The van der Waals surface area contributed by atoms with E-state index in [9.17, 15) is 9.59 Å². The Balaban J connectivity index is 1.98. The summed E-state index contributed by atoms with van der Waals surface area (Å²) in [7, 11) is 0. The van der Waals surface area contributed by atoms with Gasteiger partial charge in [-0.1, -0.05) is 0 Å². The zero-order valence-corrected chi connectivity index (χ0v) is 12.4. The molecule has 0 aromatic carbocycles. The molecule has 1 aromatic rings. The summed E-state index contributed by atoms with van der Waals surface area (Å²) in [6.07, 6.45) is 1.59. The van der Waals surface area contributed by atoms with Crippen molar-refractivity contribution in [1.82, 2.24) is 4.98 Å². The fourth-order valence-electron chi connectivity index (χ4n) is 2.13. The standard InChI is InChI=1S/C13H18N2O4S/c1-3-18-10(16)7-14-13-15-11-8(12(17)19-4-2)5-6-9(11)20-13/h8H,3-7H2,1-2H3,(H,14,15). The van der Waals surface area contributed by atoms with Crippen molar-refractivity contribution in [2.24, 2.45) is 0 Å². The first kappa shape index (κ1) is 14.8. The maximum atomic E-state index is 11.8. The van der Waals surface area contributed by atoms with Gasteiger partial charge in [-0.2, -0.15) is 0 Å². The molecule has 0 radical (unpaired) electrons. The summed E-state index contributed by atoms with van der Waals surface area (Å²) in [5, 5.41) is 3.58. The lowest BCUT2D eigenvalue weighted by Crippen LogP contribution is -2.17. The molecule has 0 amide bonds. The highest BCUT2D eigenvalue weighted by Gasteiger charge is 2.33. The number of aryl methyl sites for hydroxylation is 1. The third-order valence-electron chi connectivity index (χ3n) is 2.98. The van der Waals surface area contributed by atoms with Crippen LogP contribution in [0.1, 0.15) is 36.8 Å². The molecule has 0 aliphatic heterocycles. The summed E-state index contributed by atoms with van der Waals surface area (Å²) in [5.41, 5.74) is 0.791. The van der Waals surface area contributed by atoms with E-state index >= 15 is 0 Å². The van der Waals surface area contributed by atoms with Gasteiger partial charge in [0.1, 0.15) is 12.5 Å². The van der Waals surface area contributed by atoms with Crippen LogP contribution >= 0.6 is 11.3 Å². The number of aromatic nitrogens is 1. The molecule has 6 nitrogen and oxygen atoms in total. The minimum atomic E-state index is -0.315. The minimum absolute atomic E-state index is 0.0876. The molecular formula is C13H18N2O4S. The molecule has 0 saturated carbocycles. The fraction of sp³-hybridized carbons (Fsp3) is 0.615. The van der Waals surface area contributed by atoms with Gasteiger partial charge in [0.2, 0.25) is 0 Å². The minimum Gasteiger partial charge on any atom is -0.465 e. The van der Waals surface area contributed by atoms with Crippen LogP contribution in [-0.2, 0) is 25.5 Å². The number of esters is 2. The molecule has 1 atom stereocenters. The molecule has 1 unspecified atom stereocenters. The first-order chi connectivity index (χ1) is 9.65. The lowest BCUT2D eigenvalue weighted by Gasteiger charge is -2.08. The van der Waals surface area contributed by atoms with Crippen molar-refractivity contribution in [2.45, 2.75) is 32.6 Å². The maximum Gasteiger partial charge on any atom is 0.325 e. The number of fused-ring (bicyclic) bond motifs is 1. The Morgan fingerprint density at radius 2 is 2.10 bits per heavy atom. The van der Waals surface area contributed by atoms with Gasteiger partial charge in [-0.3, -0.25) is 9.59 Å². The average Bonchev–Trinajstić information content (AvgIpc) is 2.96. The maximum absolute atomic E-state index is 11.8. The Morgan fingerprint density at radius 1 is 1.35 bits per heavy atom. The first-order valence-electron chi connectivity index (χ1n) is 6.71. The second kappa shape index (κ2) is 6.69. The van der Waals surface area contributed by atoms with Gasteiger partial charge < -0.3 is 14.8 Å². The van der Waals surface area contributed by atoms with Crippen molar-refractivity contribution in [3.63, 3.8) is 0 Å². The number of carbonyl (C=O) groups is 2. The van der Waals surface area contributed by atoms with Gasteiger partial charge in [0.15, 0.2) is 5.13 Å². The van der Waals surface area contributed by atoms with Crippen LogP contribution in [0.25, 0.3) is 0 Å². The van der Waals surface area contributed by atoms with Crippen molar-refractivity contribution < 1.29 is 19.1 Å². The molecule has 0 fully saturated rings. The van der Waals surface area contributed by atoms with Crippen LogP contribution in [-0.4, -0.2) is 36.7 Å². The van der Waals surface area contributed by atoms with E-state index in [1.807, 2.05) is 0 Å². The van der Waals surface area contributed by atoms with Crippen LogP contribution in [0.2, 0.25) is 0 Å². The largest absolute Gasteiger partial charge is 0.465 e. The Hall–Kier alpha value is -1.63. The quantitative estimate of drug-likeness (QED) is 0.806. The molecule has 0 saturated heterocycles. The SMILES string of the molecule is CCOC(=O)CNc1nc2c(s1)CCC2C(=O)OCC. The summed E-state index contributed by atoms with van der Waals surface area (Å²) in [5.74, 6) is -0.794. The number of nitrogens with one attached hydrogen (secondary N) is 1. The monoisotopic (exact) mass is 298 g/mol. The summed E-state index contributed by atoms with van der Waals surface area (Å²) in [4.78, 5) is 28.6. The van der Waals surface area contributed by atoms with E-state index in [0.717, 1.165) is 23.4 Å². The molecule has 1 N–H and O–H groups in total. The molecule has 0 spiro atoms. The highest BCUT2D eigenvalue weighted by molar-refractivity contribution is 7.15. The number of hydrogen-bond acceptors (Lipinski definition) is 7. The average molecular weight is 298 g/mol. The summed E-state index contributed by atoms with van der Waals surface area (Å²) in [6.45, 7) is 4.38. The van der Waals surface area contributed by atoms with Crippen molar-refractivity contribution in [2.75, 3.05) is 25.1 Å². The number of nitrogens with zero attached hydrogens (tertiary/aromatic N) is 1. The second-order valence-corrected chi connectivity index (χ2v) is 5.41. The van der Waals surface area contributed by atoms with Crippen LogP contribution < -0.4 is 5.32 Å². The van der Waals surface area contributed by atoms with Crippen LogP contribution in [0.4, 0.5) is 5.13 Å². The lowest BCUT2D eigenvalue weighted by molar-refractivity contribution is -0.145. The van der Waals surface area contributed by atoms with Gasteiger partial charge in [-0.15, -0.1) is 11.3 Å². The fourth-order valence-corrected chi connectivity index (χ4v) is 3.17. The number of anilines is 1. The smallest absolute Gasteiger partial charge is 0.325 e. The van der Waals surface area contributed by atoms with Crippen molar-refractivity contribution in [1.29, 1.82) is 0 Å². The van der Waals surface area contributed by atoms with Crippen molar-refractivity contribution >= 4 is 28.4 Å².